The summed E-state index contributed by atoms with van der Waals surface area (Å²) in [5.74, 6) is 0. The van der Waals surface area contributed by atoms with E-state index < -0.39 is 7.26 Å². The molecule has 0 bridgehead atoms. The number of halogens is 1. The number of rotatable bonds is 6. The van der Waals surface area contributed by atoms with Crippen molar-refractivity contribution < 1.29 is 5.11 Å². The summed E-state index contributed by atoms with van der Waals surface area (Å²) in [6, 6.07) is 32.5. The summed E-state index contributed by atoms with van der Waals surface area (Å²) in [6.07, 6.45) is 1.84. The molecule has 1 nitrogen and oxygen atoms in total. The predicted octanol–water partition coefficient (Wildman–Crippen LogP) is 3.67. The summed E-state index contributed by atoms with van der Waals surface area (Å²) in [5, 5.41) is 13.7. The molecule has 3 rings (SSSR count). The van der Waals surface area contributed by atoms with Crippen molar-refractivity contribution in [1.82, 2.24) is 0 Å². The van der Waals surface area contributed by atoms with Gasteiger partial charge < -0.3 is 0 Å². The van der Waals surface area contributed by atoms with Gasteiger partial charge in [0.2, 0.25) is 0 Å². The summed E-state index contributed by atoms with van der Waals surface area (Å²) in [5.41, 5.74) is 0. The van der Waals surface area contributed by atoms with Crippen molar-refractivity contribution in [2.45, 2.75) is 6.42 Å². The molecular weight excluding hydrogens is 379 g/mol. The predicted molar refractivity (Wildman–Crippen MR) is 113 cm³/mol. The first-order chi connectivity index (χ1) is 11.4. The molecule has 0 radical (unpaired) electrons. The zero-order valence-electron chi connectivity index (χ0n) is 13.6. The van der Waals surface area contributed by atoms with Gasteiger partial charge in [-0.1, -0.05) is 0 Å². The van der Waals surface area contributed by atoms with E-state index >= 15 is 0 Å². The van der Waals surface area contributed by atoms with E-state index in [1.54, 1.807) is 0 Å². The Hall–Kier alpha value is -1.47. The second kappa shape index (κ2) is 9.13. The van der Waals surface area contributed by atoms with Crippen LogP contribution in [0.3, 0.4) is 0 Å². The normalized spacial score (nSPS) is 11.5. The van der Waals surface area contributed by atoms with Gasteiger partial charge in [-0.15, -0.1) is 17.0 Å². The molecule has 3 aromatic rings. The zero-order valence-corrected chi connectivity index (χ0v) is 16.4. The quantitative estimate of drug-likeness (QED) is 0.623. The third kappa shape index (κ3) is 3.78. The molecule has 0 fully saturated rings. The first-order valence-corrected chi connectivity index (χ1v) is 10.4. The van der Waals surface area contributed by atoms with Gasteiger partial charge in [0.05, 0.1) is 0 Å². The van der Waals surface area contributed by atoms with Gasteiger partial charge in [-0.25, -0.2) is 0 Å². The topological polar surface area (TPSA) is 20.2 Å². The Kier molecular flexibility index (Phi) is 7.17. The van der Waals surface area contributed by atoms with Gasteiger partial charge in [0.25, 0.3) is 0 Å². The summed E-state index contributed by atoms with van der Waals surface area (Å²) in [6.45, 7) is 0.237. The second-order valence-corrected chi connectivity index (χ2v) is 9.87. The SMILES string of the molecule is Br.OCCC[PH](c1ccccc1)(c1ccccc1)c1ccccc1. The van der Waals surface area contributed by atoms with E-state index in [1.807, 2.05) is 0 Å². The van der Waals surface area contributed by atoms with Crippen LogP contribution in [-0.2, 0) is 0 Å². The molecule has 0 aliphatic heterocycles. The standard InChI is InChI=1S/C21H23OP.BrH/c22-17-10-18-23(19-11-4-1-5-12-19,20-13-6-2-7-14-20)21-15-8-3-9-16-21;/h1-9,11-16,22-23H,10,17-18H2;1H. The number of aliphatic hydroxyl groups excluding tert-OH is 1. The van der Waals surface area contributed by atoms with Crippen LogP contribution in [0.1, 0.15) is 6.42 Å². The minimum atomic E-state index is -2.10. The van der Waals surface area contributed by atoms with Crippen LogP contribution in [-0.4, -0.2) is 17.9 Å². The van der Waals surface area contributed by atoms with Gasteiger partial charge in [0, 0.05) is 0 Å². The van der Waals surface area contributed by atoms with Crippen LogP contribution in [0.25, 0.3) is 0 Å². The maximum absolute atomic E-state index is 9.49. The van der Waals surface area contributed by atoms with Crippen LogP contribution in [0.4, 0.5) is 0 Å². The van der Waals surface area contributed by atoms with Crippen LogP contribution in [0.15, 0.2) is 91.0 Å². The summed E-state index contributed by atoms with van der Waals surface area (Å²) in [7, 11) is -2.10. The number of hydrogen-bond donors (Lipinski definition) is 1. The van der Waals surface area contributed by atoms with Crippen LogP contribution in [0, 0.1) is 0 Å². The van der Waals surface area contributed by atoms with Gasteiger partial charge in [0.1, 0.15) is 0 Å². The Morgan fingerprint density at radius 2 is 0.917 bits per heavy atom. The molecular formula is C21H24BrOP. The van der Waals surface area contributed by atoms with Gasteiger partial charge in [-0.05, 0) is 0 Å². The molecule has 3 heteroatoms. The van der Waals surface area contributed by atoms with Crippen molar-refractivity contribution in [2.75, 3.05) is 12.8 Å². The first kappa shape index (κ1) is 18.9. The molecule has 0 spiro atoms. The molecule has 0 unspecified atom stereocenters. The molecule has 0 saturated carbocycles. The van der Waals surface area contributed by atoms with Crippen molar-refractivity contribution in [3.05, 3.63) is 91.0 Å². The van der Waals surface area contributed by atoms with Gasteiger partial charge >= 0.3 is 138 Å². The monoisotopic (exact) mass is 402 g/mol. The van der Waals surface area contributed by atoms with Crippen molar-refractivity contribution >= 4 is 40.2 Å². The zero-order chi connectivity index (χ0) is 16.0. The van der Waals surface area contributed by atoms with E-state index in [9.17, 15) is 5.11 Å². The summed E-state index contributed by atoms with van der Waals surface area (Å²) in [4.78, 5) is 0. The molecule has 0 atom stereocenters. The fraction of sp³-hybridized carbons (Fsp3) is 0.143. The third-order valence-electron chi connectivity index (χ3n) is 4.51. The van der Waals surface area contributed by atoms with Gasteiger partial charge in [0.15, 0.2) is 0 Å². The average Bonchev–Trinajstić information content (AvgIpc) is 2.65. The van der Waals surface area contributed by atoms with E-state index in [0.29, 0.717) is 0 Å². The molecule has 0 saturated heterocycles. The van der Waals surface area contributed by atoms with E-state index in [0.717, 1.165) is 12.6 Å². The van der Waals surface area contributed by atoms with Crippen LogP contribution in [0.2, 0.25) is 0 Å². The Morgan fingerprint density at radius 1 is 0.583 bits per heavy atom. The minimum absolute atomic E-state index is 0. The Morgan fingerprint density at radius 3 is 1.21 bits per heavy atom. The Labute approximate surface area is 155 Å². The summed E-state index contributed by atoms with van der Waals surface area (Å²) < 4.78 is 0. The molecule has 0 amide bonds. The second-order valence-electron chi connectivity index (χ2n) is 5.83. The fourth-order valence-electron chi connectivity index (χ4n) is 3.45. The van der Waals surface area contributed by atoms with Crippen LogP contribution < -0.4 is 15.9 Å². The Balaban J connectivity index is 0.00000208. The van der Waals surface area contributed by atoms with E-state index in [4.69, 9.17) is 0 Å². The molecule has 24 heavy (non-hydrogen) atoms. The summed E-state index contributed by atoms with van der Waals surface area (Å²) >= 11 is 0. The van der Waals surface area contributed by atoms with Gasteiger partial charge in [-0.2, -0.15) is 0 Å². The van der Waals surface area contributed by atoms with E-state index in [1.165, 1.54) is 15.9 Å². The molecule has 0 aliphatic carbocycles. The van der Waals surface area contributed by atoms with E-state index in [2.05, 4.69) is 91.0 Å². The van der Waals surface area contributed by atoms with E-state index in [-0.39, 0.29) is 23.6 Å². The average molecular weight is 403 g/mol. The molecule has 1 N–H and O–H groups in total. The molecule has 3 aromatic carbocycles. The third-order valence-corrected chi connectivity index (χ3v) is 9.57. The number of benzene rings is 3. The van der Waals surface area contributed by atoms with Crippen molar-refractivity contribution in [2.24, 2.45) is 0 Å². The van der Waals surface area contributed by atoms with Crippen molar-refractivity contribution in [1.29, 1.82) is 0 Å². The van der Waals surface area contributed by atoms with Crippen LogP contribution in [0.5, 0.6) is 0 Å². The fourth-order valence-corrected chi connectivity index (χ4v) is 8.28. The number of aliphatic hydroxyl groups is 1. The molecule has 126 valence electrons. The molecule has 0 aliphatic rings. The Bertz CT molecular complexity index is 620. The van der Waals surface area contributed by atoms with Crippen molar-refractivity contribution in [3.63, 3.8) is 0 Å². The van der Waals surface area contributed by atoms with Crippen LogP contribution >= 0.6 is 24.2 Å². The maximum atomic E-state index is 9.49. The van der Waals surface area contributed by atoms with Gasteiger partial charge in [-0.3, -0.25) is 0 Å². The number of hydrogen-bond acceptors (Lipinski definition) is 1. The molecule has 0 aromatic heterocycles. The first-order valence-electron chi connectivity index (χ1n) is 8.15. The van der Waals surface area contributed by atoms with Crippen molar-refractivity contribution in [3.8, 4) is 0 Å². The molecule has 0 heterocycles.